The second-order valence-electron chi connectivity index (χ2n) is 7.62. The van der Waals surface area contributed by atoms with Crippen LogP contribution in [0.1, 0.15) is 24.0 Å². The first kappa shape index (κ1) is 22.2. The van der Waals surface area contributed by atoms with Crippen LogP contribution in [-0.4, -0.2) is 32.3 Å². The number of esters is 1. The zero-order valence-corrected chi connectivity index (χ0v) is 18.1. The van der Waals surface area contributed by atoms with Crippen LogP contribution in [0.25, 0.3) is 11.1 Å². The molecule has 0 fully saturated rings. The summed E-state index contributed by atoms with van der Waals surface area (Å²) in [5, 5.41) is 13.4. The predicted octanol–water partition coefficient (Wildman–Crippen LogP) is 5.15. The topological polar surface area (TPSA) is 61.8 Å². The first-order chi connectivity index (χ1) is 14.8. The minimum absolute atomic E-state index is 0.234. The Morgan fingerprint density at radius 3 is 2.42 bits per heavy atom. The number of phenolic OH excluding ortho intramolecular Hbond substituents is 1. The molecule has 6 heteroatoms. The first-order valence-electron chi connectivity index (χ1n) is 10.0. The number of anilines is 2. The smallest absolute Gasteiger partial charge is 0.312 e. The van der Waals surface area contributed by atoms with Gasteiger partial charge in [-0.05, 0) is 54.4 Å². The number of benzene rings is 3. The highest BCUT2D eigenvalue weighted by atomic mass is 19.1. The zero-order valence-electron chi connectivity index (χ0n) is 18.1. The van der Waals surface area contributed by atoms with Gasteiger partial charge in [-0.3, -0.25) is 4.79 Å². The summed E-state index contributed by atoms with van der Waals surface area (Å²) in [6.45, 7) is 2.15. The summed E-state index contributed by atoms with van der Waals surface area (Å²) < 4.78 is 19.4. The van der Waals surface area contributed by atoms with E-state index in [1.165, 1.54) is 13.2 Å². The van der Waals surface area contributed by atoms with Gasteiger partial charge in [0.15, 0.2) is 0 Å². The van der Waals surface area contributed by atoms with E-state index >= 15 is 0 Å². The normalized spacial score (nSPS) is 11.6. The van der Waals surface area contributed by atoms with Crippen LogP contribution in [0, 0.1) is 5.82 Å². The van der Waals surface area contributed by atoms with Crippen LogP contribution < -0.4 is 10.2 Å². The van der Waals surface area contributed by atoms with E-state index < -0.39 is 11.9 Å². The highest BCUT2D eigenvalue weighted by molar-refractivity contribution is 5.78. The molecule has 0 aliphatic rings. The van der Waals surface area contributed by atoms with Gasteiger partial charge in [-0.15, -0.1) is 0 Å². The molecule has 0 aromatic heterocycles. The molecule has 2 N–H and O–H groups in total. The maximum absolute atomic E-state index is 14.7. The van der Waals surface area contributed by atoms with Gasteiger partial charge in [0, 0.05) is 43.1 Å². The van der Waals surface area contributed by atoms with Gasteiger partial charge in [-0.1, -0.05) is 24.3 Å². The van der Waals surface area contributed by atoms with E-state index in [0.717, 1.165) is 22.5 Å². The average Bonchev–Trinajstić information content (AvgIpc) is 2.77. The van der Waals surface area contributed by atoms with E-state index in [9.17, 15) is 14.3 Å². The Kier molecular flexibility index (Phi) is 6.80. The molecule has 3 rings (SSSR count). The number of hydrogen-bond acceptors (Lipinski definition) is 5. The molecule has 0 bridgehead atoms. The van der Waals surface area contributed by atoms with Crippen LogP contribution in [-0.2, 0) is 16.1 Å². The average molecular weight is 423 g/mol. The summed E-state index contributed by atoms with van der Waals surface area (Å²) in [5.74, 6) is -1.08. The maximum atomic E-state index is 14.7. The number of methoxy groups -OCH3 is 1. The second-order valence-corrected chi connectivity index (χ2v) is 7.62. The first-order valence-corrected chi connectivity index (χ1v) is 10.0. The molecular formula is C25H27FN2O3. The highest BCUT2D eigenvalue weighted by Crippen LogP contribution is 2.29. The van der Waals surface area contributed by atoms with Crippen LogP contribution in [0.2, 0.25) is 0 Å². The summed E-state index contributed by atoms with van der Waals surface area (Å²) in [6, 6.07) is 17.7. The molecule has 0 spiro atoms. The number of nitrogens with one attached hydrogen (secondary N) is 1. The summed E-state index contributed by atoms with van der Waals surface area (Å²) in [6.07, 6.45) is 0. The van der Waals surface area contributed by atoms with Crippen molar-refractivity contribution in [3.63, 3.8) is 0 Å². The van der Waals surface area contributed by atoms with Gasteiger partial charge in [-0.25, -0.2) is 4.39 Å². The van der Waals surface area contributed by atoms with Crippen molar-refractivity contribution < 1.29 is 19.0 Å². The number of ether oxygens (including phenoxy) is 1. The van der Waals surface area contributed by atoms with E-state index in [1.54, 1.807) is 25.1 Å². The number of phenols is 1. The zero-order chi connectivity index (χ0) is 22.5. The minimum atomic E-state index is -0.525. The van der Waals surface area contributed by atoms with E-state index in [4.69, 9.17) is 4.74 Å². The second kappa shape index (κ2) is 9.51. The number of carbonyl (C=O) groups is 1. The summed E-state index contributed by atoms with van der Waals surface area (Å²) >= 11 is 0. The molecule has 3 aromatic rings. The fraction of sp³-hybridized carbons (Fsp3) is 0.240. The number of carbonyl (C=O) groups excluding carboxylic acids is 1. The molecule has 3 aromatic carbocycles. The van der Waals surface area contributed by atoms with Crippen molar-refractivity contribution in [2.45, 2.75) is 19.4 Å². The lowest BCUT2D eigenvalue weighted by atomic mass is 9.97. The Balaban J connectivity index is 1.72. The van der Waals surface area contributed by atoms with Crippen molar-refractivity contribution in [3.05, 3.63) is 77.6 Å². The Bertz CT molecular complexity index is 1060. The van der Waals surface area contributed by atoms with Gasteiger partial charge in [0.05, 0.1) is 13.0 Å². The van der Waals surface area contributed by atoms with Crippen molar-refractivity contribution >= 4 is 17.3 Å². The van der Waals surface area contributed by atoms with Crippen molar-refractivity contribution in [2.24, 2.45) is 0 Å². The fourth-order valence-electron chi connectivity index (χ4n) is 3.30. The molecule has 0 saturated carbocycles. The molecule has 5 nitrogen and oxygen atoms in total. The number of halogens is 1. The van der Waals surface area contributed by atoms with Crippen LogP contribution in [0.15, 0.2) is 60.7 Å². The molecule has 0 saturated heterocycles. The quantitative estimate of drug-likeness (QED) is 0.516. The lowest BCUT2D eigenvalue weighted by Crippen LogP contribution is -2.11. The van der Waals surface area contributed by atoms with Gasteiger partial charge in [0.2, 0.25) is 0 Å². The molecule has 0 radical (unpaired) electrons. The van der Waals surface area contributed by atoms with Gasteiger partial charge in [-0.2, -0.15) is 0 Å². The number of hydrogen-bond donors (Lipinski definition) is 2. The van der Waals surface area contributed by atoms with Crippen molar-refractivity contribution in [3.8, 4) is 16.9 Å². The van der Waals surface area contributed by atoms with E-state index in [-0.39, 0.29) is 11.6 Å². The highest BCUT2D eigenvalue weighted by Gasteiger charge is 2.17. The largest absolute Gasteiger partial charge is 0.508 e. The lowest BCUT2D eigenvalue weighted by Gasteiger charge is -2.15. The summed E-state index contributed by atoms with van der Waals surface area (Å²) in [7, 11) is 5.22. The minimum Gasteiger partial charge on any atom is -0.508 e. The summed E-state index contributed by atoms with van der Waals surface area (Å²) in [4.78, 5) is 13.7. The van der Waals surface area contributed by atoms with Crippen molar-refractivity contribution in [1.82, 2.24) is 0 Å². The monoisotopic (exact) mass is 422 g/mol. The fourth-order valence-corrected chi connectivity index (χ4v) is 3.30. The molecule has 0 heterocycles. The number of rotatable bonds is 7. The molecule has 1 unspecified atom stereocenters. The van der Waals surface area contributed by atoms with E-state index in [1.807, 2.05) is 55.4 Å². The molecule has 162 valence electrons. The maximum Gasteiger partial charge on any atom is 0.312 e. The van der Waals surface area contributed by atoms with Crippen molar-refractivity contribution in [1.29, 1.82) is 0 Å². The van der Waals surface area contributed by atoms with E-state index in [0.29, 0.717) is 17.7 Å². The van der Waals surface area contributed by atoms with Gasteiger partial charge < -0.3 is 20.1 Å². The summed E-state index contributed by atoms with van der Waals surface area (Å²) in [5.41, 5.74) is 4.42. The third-order valence-electron chi connectivity index (χ3n) is 5.31. The Labute approximate surface area is 182 Å². The number of aromatic hydroxyl groups is 1. The van der Waals surface area contributed by atoms with Gasteiger partial charge >= 0.3 is 5.97 Å². The SMILES string of the molecule is COC(=O)C(C)c1ccc(-c2ccc(NCc3cc(N(C)C)ccc3O)cc2)c(F)c1. The Morgan fingerprint density at radius 2 is 1.81 bits per heavy atom. The Hall–Kier alpha value is -3.54. The van der Waals surface area contributed by atoms with E-state index in [2.05, 4.69) is 5.32 Å². The molecule has 0 amide bonds. The Morgan fingerprint density at radius 1 is 1.10 bits per heavy atom. The van der Waals surface area contributed by atoms with Gasteiger partial charge in [0.1, 0.15) is 11.6 Å². The molecular weight excluding hydrogens is 395 g/mol. The third-order valence-corrected chi connectivity index (χ3v) is 5.31. The molecule has 0 aliphatic carbocycles. The lowest BCUT2D eigenvalue weighted by molar-refractivity contribution is -0.141. The van der Waals surface area contributed by atoms with Gasteiger partial charge in [0.25, 0.3) is 0 Å². The van der Waals surface area contributed by atoms with Crippen LogP contribution in [0.4, 0.5) is 15.8 Å². The van der Waals surface area contributed by atoms with Crippen LogP contribution in [0.5, 0.6) is 5.75 Å². The van der Waals surface area contributed by atoms with Crippen LogP contribution in [0.3, 0.4) is 0 Å². The molecule has 1 atom stereocenters. The van der Waals surface area contributed by atoms with Crippen LogP contribution >= 0.6 is 0 Å². The number of nitrogens with zero attached hydrogens (tertiary/aromatic N) is 1. The molecule has 31 heavy (non-hydrogen) atoms. The predicted molar refractivity (Wildman–Crippen MR) is 122 cm³/mol. The molecule has 0 aliphatic heterocycles. The third kappa shape index (κ3) is 5.15. The van der Waals surface area contributed by atoms with Crippen molar-refractivity contribution in [2.75, 3.05) is 31.4 Å². The standard InChI is InChI=1S/C25H27FN2O3/c1-16(25(30)31-4)18-7-11-22(23(26)14-18)17-5-8-20(9-6-17)27-15-19-13-21(28(2)3)10-12-24(19)29/h5-14,16,27,29H,15H2,1-4H3.